The van der Waals surface area contributed by atoms with E-state index in [1.54, 1.807) is 0 Å². The van der Waals surface area contributed by atoms with Crippen molar-refractivity contribution in [2.24, 2.45) is 0 Å². The van der Waals surface area contributed by atoms with Gasteiger partial charge in [-0.2, -0.15) is 0 Å². The summed E-state index contributed by atoms with van der Waals surface area (Å²) in [5.41, 5.74) is 8.41. The molecule has 3 aromatic heterocycles. The molecule has 9 aromatic rings. The SMILES string of the molecule is c1ccc2cc(-c3ccc4c5cc(-c6ccncc6)ccc5n(-c5ccc6c(c5)sc5ccccc56)c4c3)ccc2c1. The van der Waals surface area contributed by atoms with E-state index in [1.807, 2.05) is 23.7 Å². The average molecular weight is 553 g/mol. The maximum absolute atomic E-state index is 4.22. The second kappa shape index (κ2) is 9.13. The molecule has 6 aromatic carbocycles. The number of benzene rings is 6. The summed E-state index contributed by atoms with van der Waals surface area (Å²) in [5, 5.41) is 7.66. The predicted octanol–water partition coefficient (Wildman–Crippen LogP) is 11.0. The number of fused-ring (bicyclic) bond motifs is 7. The third-order valence-corrected chi connectivity index (χ3v) is 9.62. The summed E-state index contributed by atoms with van der Waals surface area (Å²) in [4.78, 5) is 4.22. The van der Waals surface area contributed by atoms with Crippen molar-refractivity contribution in [2.75, 3.05) is 0 Å². The van der Waals surface area contributed by atoms with E-state index >= 15 is 0 Å². The first-order valence-corrected chi connectivity index (χ1v) is 15.0. The lowest BCUT2D eigenvalue weighted by atomic mass is 9.99. The van der Waals surface area contributed by atoms with E-state index in [2.05, 4.69) is 143 Å². The van der Waals surface area contributed by atoms with E-state index in [-0.39, 0.29) is 0 Å². The van der Waals surface area contributed by atoms with E-state index in [0.717, 1.165) is 0 Å². The van der Waals surface area contributed by atoms with Gasteiger partial charge in [0.25, 0.3) is 0 Å². The van der Waals surface area contributed by atoms with Crippen molar-refractivity contribution in [2.45, 2.75) is 0 Å². The van der Waals surface area contributed by atoms with Gasteiger partial charge in [-0.3, -0.25) is 4.98 Å². The van der Waals surface area contributed by atoms with Crippen LogP contribution in [-0.2, 0) is 0 Å². The Labute approximate surface area is 246 Å². The van der Waals surface area contributed by atoms with Gasteiger partial charge in [0.05, 0.1) is 11.0 Å². The Balaban J connectivity index is 1.31. The highest BCUT2D eigenvalue weighted by Gasteiger charge is 2.16. The first-order valence-electron chi connectivity index (χ1n) is 14.2. The van der Waals surface area contributed by atoms with Crippen molar-refractivity contribution >= 4 is 64.1 Å². The zero-order valence-electron chi connectivity index (χ0n) is 22.7. The Morgan fingerprint density at radius 1 is 0.429 bits per heavy atom. The number of hydrogen-bond donors (Lipinski definition) is 0. The molecule has 3 heterocycles. The van der Waals surface area contributed by atoms with Crippen LogP contribution in [0.1, 0.15) is 0 Å². The first-order chi connectivity index (χ1) is 20.8. The van der Waals surface area contributed by atoms with Crippen LogP contribution in [0.2, 0.25) is 0 Å². The average Bonchev–Trinajstić information content (AvgIpc) is 3.59. The normalized spacial score (nSPS) is 11.8. The van der Waals surface area contributed by atoms with Gasteiger partial charge >= 0.3 is 0 Å². The minimum absolute atomic E-state index is 1.17. The van der Waals surface area contributed by atoms with Crippen molar-refractivity contribution in [3.05, 3.63) is 146 Å². The minimum atomic E-state index is 1.17. The Kier molecular flexibility index (Phi) is 5.10. The van der Waals surface area contributed by atoms with E-state index in [1.165, 1.54) is 80.7 Å². The molecule has 0 radical (unpaired) electrons. The van der Waals surface area contributed by atoms with Crippen molar-refractivity contribution in [3.63, 3.8) is 0 Å². The van der Waals surface area contributed by atoms with Crippen LogP contribution in [0, 0.1) is 0 Å². The topological polar surface area (TPSA) is 17.8 Å². The molecule has 0 fully saturated rings. The first kappa shape index (κ1) is 23.5. The molecule has 0 amide bonds. The van der Waals surface area contributed by atoms with Crippen LogP contribution in [-0.4, -0.2) is 9.55 Å². The van der Waals surface area contributed by atoms with Crippen molar-refractivity contribution in [1.82, 2.24) is 9.55 Å². The summed E-state index contributed by atoms with van der Waals surface area (Å²) in [6, 6.07) is 48.9. The number of nitrogens with zero attached hydrogens (tertiary/aromatic N) is 2. The van der Waals surface area contributed by atoms with Crippen LogP contribution >= 0.6 is 11.3 Å². The summed E-state index contributed by atoms with van der Waals surface area (Å²) in [6.45, 7) is 0. The second-order valence-corrected chi connectivity index (χ2v) is 12.0. The fraction of sp³-hybridized carbons (Fsp3) is 0. The van der Waals surface area contributed by atoms with Crippen LogP contribution in [0.3, 0.4) is 0 Å². The van der Waals surface area contributed by atoms with E-state index in [9.17, 15) is 0 Å². The molecular formula is C39H24N2S. The van der Waals surface area contributed by atoms with Gasteiger partial charge in [0.2, 0.25) is 0 Å². The monoisotopic (exact) mass is 552 g/mol. The largest absolute Gasteiger partial charge is 0.309 e. The van der Waals surface area contributed by atoms with Gasteiger partial charge in [-0.25, -0.2) is 0 Å². The van der Waals surface area contributed by atoms with E-state index < -0.39 is 0 Å². The fourth-order valence-electron chi connectivity index (χ4n) is 6.43. The number of thiophene rings is 1. The van der Waals surface area contributed by atoms with Gasteiger partial charge in [0.1, 0.15) is 0 Å². The van der Waals surface area contributed by atoms with Crippen LogP contribution in [0.5, 0.6) is 0 Å². The zero-order valence-corrected chi connectivity index (χ0v) is 23.5. The molecule has 0 unspecified atom stereocenters. The third-order valence-electron chi connectivity index (χ3n) is 8.48. The lowest BCUT2D eigenvalue weighted by Crippen LogP contribution is -1.94. The van der Waals surface area contributed by atoms with Crippen molar-refractivity contribution in [1.29, 1.82) is 0 Å². The Bertz CT molecular complexity index is 2470. The summed E-state index contributed by atoms with van der Waals surface area (Å²) in [6.07, 6.45) is 3.72. The molecule has 0 aliphatic carbocycles. The number of aromatic nitrogens is 2. The molecule has 0 atom stereocenters. The fourth-order valence-corrected chi connectivity index (χ4v) is 7.56. The van der Waals surface area contributed by atoms with E-state index in [0.29, 0.717) is 0 Å². The number of rotatable bonds is 3. The summed E-state index contributed by atoms with van der Waals surface area (Å²) in [7, 11) is 0. The molecule has 0 saturated carbocycles. The lowest BCUT2D eigenvalue weighted by molar-refractivity contribution is 1.19. The smallest absolute Gasteiger partial charge is 0.0547 e. The summed E-state index contributed by atoms with van der Waals surface area (Å²) in [5.74, 6) is 0. The van der Waals surface area contributed by atoms with Crippen LogP contribution < -0.4 is 0 Å². The molecule has 0 spiro atoms. The predicted molar refractivity (Wildman–Crippen MR) is 180 cm³/mol. The highest BCUT2D eigenvalue weighted by Crippen LogP contribution is 2.40. The van der Waals surface area contributed by atoms with Gasteiger partial charge in [0, 0.05) is 49.0 Å². The van der Waals surface area contributed by atoms with Crippen LogP contribution in [0.25, 0.3) is 80.7 Å². The molecule has 2 nitrogen and oxygen atoms in total. The van der Waals surface area contributed by atoms with Gasteiger partial charge < -0.3 is 4.57 Å². The van der Waals surface area contributed by atoms with Crippen LogP contribution in [0.15, 0.2) is 146 Å². The minimum Gasteiger partial charge on any atom is -0.309 e. The van der Waals surface area contributed by atoms with Gasteiger partial charge in [-0.1, -0.05) is 78.9 Å². The molecule has 0 aliphatic heterocycles. The Morgan fingerprint density at radius 3 is 2.07 bits per heavy atom. The maximum Gasteiger partial charge on any atom is 0.0547 e. The molecule has 0 N–H and O–H groups in total. The molecule has 0 bridgehead atoms. The second-order valence-electron chi connectivity index (χ2n) is 10.9. The maximum atomic E-state index is 4.22. The van der Waals surface area contributed by atoms with E-state index in [4.69, 9.17) is 0 Å². The molecule has 0 aliphatic rings. The van der Waals surface area contributed by atoms with Crippen molar-refractivity contribution < 1.29 is 0 Å². The summed E-state index contributed by atoms with van der Waals surface area (Å²) < 4.78 is 5.07. The van der Waals surface area contributed by atoms with Crippen molar-refractivity contribution in [3.8, 4) is 27.9 Å². The third kappa shape index (κ3) is 3.61. The Hall–Kier alpha value is -5.25. The summed E-state index contributed by atoms with van der Waals surface area (Å²) >= 11 is 1.87. The standard InChI is InChI=1S/C39H24N2S/c1-2-6-27-21-28(10-9-25(27)5-1)30-11-14-32-35-22-29(26-17-19-40-20-18-26)12-16-36(35)41(37(32)23-30)31-13-15-34-33-7-3-4-8-38(33)42-39(34)24-31/h1-24H. The number of pyridine rings is 1. The lowest BCUT2D eigenvalue weighted by Gasteiger charge is -2.10. The Morgan fingerprint density at radius 2 is 1.14 bits per heavy atom. The van der Waals surface area contributed by atoms with Gasteiger partial charge in [-0.15, -0.1) is 11.3 Å². The highest BCUT2D eigenvalue weighted by molar-refractivity contribution is 7.25. The molecule has 3 heteroatoms. The molecule has 0 saturated heterocycles. The van der Waals surface area contributed by atoms with Gasteiger partial charge in [0.15, 0.2) is 0 Å². The molecular weight excluding hydrogens is 529 g/mol. The highest BCUT2D eigenvalue weighted by atomic mass is 32.1. The zero-order chi connectivity index (χ0) is 27.6. The van der Waals surface area contributed by atoms with Gasteiger partial charge in [-0.05, 0) is 87.6 Å². The van der Waals surface area contributed by atoms with Crippen LogP contribution in [0.4, 0.5) is 0 Å². The molecule has 196 valence electrons. The molecule has 42 heavy (non-hydrogen) atoms. The molecule has 9 rings (SSSR count). The quantitative estimate of drug-likeness (QED) is 0.213. The number of hydrogen-bond acceptors (Lipinski definition) is 2.